The summed E-state index contributed by atoms with van der Waals surface area (Å²) in [5.74, 6) is 0.420. The van der Waals surface area contributed by atoms with Gasteiger partial charge in [-0.15, -0.1) is 0 Å². The molecule has 5 rings (SSSR count). The molecule has 2 aromatic carbocycles. The predicted octanol–water partition coefficient (Wildman–Crippen LogP) is 5.68. The van der Waals surface area contributed by atoms with E-state index in [1.165, 1.54) is 6.07 Å². The van der Waals surface area contributed by atoms with E-state index in [9.17, 15) is 18.0 Å². The molecule has 0 bridgehead atoms. The third kappa shape index (κ3) is 5.28. The Morgan fingerprint density at radius 3 is 2.31 bits per heavy atom. The Morgan fingerprint density at radius 2 is 1.64 bits per heavy atom. The highest BCUT2D eigenvalue weighted by molar-refractivity contribution is 5.94. The lowest BCUT2D eigenvalue weighted by atomic mass is 9.93. The van der Waals surface area contributed by atoms with Gasteiger partial charge in [0.2, 0.25) is 0 Å². The van der Waals surface area contributed by atoms with Crippen molar-refractivity contribution in [3.8, 4) is 17.0 Å². The van der Waals surface area contributed by atoms with E-state index in [1.807, 2.05) is 56.0 Å². The number of alkyl halides is 3. The Bertz CT molecular complexity index is 1520. The molecule has 1 aliphatic heterocycles. The molecule has 0 unspecified atom stereocenters. The Labute approximate surface area is 224 Å². The number of piperazine rings is 1. The fraction of sp³-hybridized carbons (Fsp3) is 0.345. The number of ether oxygens (including phenoxy) is 1. The normalized spacial score (nSPS) is 14.6. The molecule has 4 aromatic rings. The second kappa shape index (κ2) is 9.91. The number of amides is 1. The number of para-hydroxylation sites is 1. The van der Waals surface area contributed by atoms with Crippen LogP contribution < -0.4 is 9.64 Å². The summed E-state index contributed by atoms with van der Waals surface area (Å²) in [6, 6.07) is 16.4. The predicted molar refractivity (Wildman–Crippen MR) is 143 cm³/mol. The molecule has 10 heteroatoms. The van der Waals surface area contributed by atoms with Crippen LogP contribution in [0.2, 0.25) is 0 Å². The number of methoxy groups -OCH3 is 1. The van der Waals surface area contributed by atoms with Crippen LogP contribution in [0.3, 0.4) is 0 Å². The van der Waals surface area contributed by atoms with E-state index in [4.69, 9.17) is 14.8 Å². The van der Waals surface area contributed by atoms with Crippen molar-refractivity contribution in [3.63, 3.8) is 0 Å². The molecule has 1 aliphatic rings. The van der Waals surface area contributed by atoms with E-state index in [2.05, 4.69) is 0 Å². The van der Waals surface area contributed by atoms with E-state index in [1.54, 1.807) is 28.7 Å². The lowest BCUT2D eigenvalue weighted by molar-refractivity contribution is -0.137. The summed E-state index contributed by atoms with van der Waals surface area (Å²) in [7, 11) is 1.59. The van der Waals surface area contributed by atoms with Crippen molar-refractivity contribution < 1.29 is 22.7 Å². The van der Waals surface area contributed by atoms with Crippen LogP contribution in [0.5, 0.6) is 5.75 Å². The summed E-state index contributed by atoms with van der Waals surface area (Å²) in [6.07, 6.45) is -4.41. The van der Waals surface area contributed by atoms with Gasteiger partial charge in [-0.05, 0) is 36.4 Å². The Balaban J connectivity index is 1.47. The maximum atomic E-state index is 13.9. The minimum Gasteiger partial charge on any atom is -0.496 e. The zero-order valence-electron chi connectivity index (χ0n) is 22.3. The number of carbonyl (C=O) groups is 1. The van der Waals surface area contributed by atoms with Crippen molar-refractivity contribution in [1.29, 1.82) is 0 Å². The van der Waals surface area contributed by atoms with Gasteiger partial charge in [-0.2, -0.15) is 18.3 Å². The van der Waals surface area contributed by atoms with Crippen LogP contribution in [0, 0.1) is 0 Å². The molecule has 39 heavy (non-hydrogen) atoms. The standard InChI is InChI=1S/C29H30F3N5O2/c1-28(2,3)25-18-26-33-22(21-10-5-6-11-24(21)39-4)17-23(37(26)34-25)27(38)36-14-12-35(13-15-36)20-9-7-8-19(16-20)29(30,31)32/h5-11,16-18H,12-15H2,1-4H3. The van der Waals surface area contributed by atoms with Crippen LogP contribution in [0.1, 0.15) is 42.5 Å². The van der Waals surface area contributed by atoms with E-state index < -0.39 is 11.7 Å². The first kappa shape index (κ1) is 26.5. The summed E-state index contributed by atoms with van der Waals surface area (Å²) in [6.45, 7) is 7.67. The third-order valence-electron chi connectivity index (χ3n) is 6.90. The van der Waals surface area contributed by atoms with E-state index in [-0.39, 0.29) is 11.3 Å². The van der Waals surface area contributed by atoms with Crippen LogP contribution in [-0.4, -0.2) is 58.7 Å². The summed E-state index contributed by atoms with van der Waals surface area (Å²) in [4.78, 5) is 22.3. The quantitative estimate of drug-likeness (QED) is 0.335. The maximum absolute atomic E-state index is 13.9. The van der Waals surface area contributed by atoms with Crippen LogP contribution in [-0.2, 0) is 11.6 Å². The van der Waals surface area contributed by atoms with Crippen LogP contribution in [0.25, 0.3) is 16.9 Å². The second-order valence-electron chi connectivity index (χ2n) is 10.6. The average molecular weight is 538 g/mol. The highest BCUT2D eigenvalue weighted by atomic mass is 19.4. The first-order valence-electron chi connectivity index (χ1n) is 12.7. The van der Waals surface area contributed by atoms with Gasteiger partial charge in [-0.3, -0.25) is 4.79 Å². The van der Waals surface area contributed by atoms with Crippen LogP contribution in [0.4, 0.5) is 18.9 Å². The first-order valence-corrected chi connectivity index (χ1v) is 12.7. The van der Waals surface area contributed by atoms with Crippen molar-refractivity contribution in [2.45, 2.75) is 32.4 Å². The molecule has 0 aliphatic carbocycles. The average Bonchev–Trinajstić information content (AvgIpc) is 3.37. The zero-order chi connectivity index (χ0) is 27.9. The van der Waals surface area contributed by atoms with Crippen LogP contribution in [0.15, 0.2) is 60.7 Å². The molecule has 0 spiro atoms. The van der Waals surface area contributed by atoms with Crippen LogP contribution >= 0.6 is 0 Å². The topological polar surface area (TPSA) is 63.0 Å². The van der Waals surface area contributed by atoms with Crippen molar-refractivity contribution >= 4 is 17.2 Å². The third-order valence-corrected chi connectivity index (χ3v) is 6.90. The second-order valence-corrected chi connectivity index (χ2v) is 10.6. The number of fused-ring (bicyclic) bond motifs is 1. The molecule has 7 nitrogen and oxygen atoms in total. The van der Waals surface area contributed by atoms with Gasteiger partial charge in [-0.1, -0.05) is 39.0 Å². The van der Waals surface area contributed by atoms with Gasteiger partial charge in [-0.25, -0.2) is 9.50 Å². The monoisotopic (exact) mass is 537 g/mol. The molecule has 3 heterocycles. The molecule has 1 fully saturated rings. The molecule has 0 radical (unpaired) electrons. The minimum absolute atomic E-state index is 0.217. The molecule has 0 N–H and O–H groups in total. The van der Waals surface area contributed by atoms with Gasteiger partial charge in [0.25, 0.3) is 5.91 Å². The largest absolute Gasteiger partial charge is 0.496 e. The summed E-state index contributed by atoms with van der Waals surface area (Å²) < 4.78 is 46.7. The van der Waals surface area contributed by atoms with Crippen molar-refractivity contribution in [2.24, 2.45) is 0 Å². The van der Waals surface area contributed by atoms with Gasteiger partial charge in [0.05, 0.1) is 24.1 Å². The van der Waals surface area contributed by atoms with Crippen molar-refractivity contribution in [2.75, 3.05) is 38.2 Å². The number of hydrogen-bond acceptors (Lipinski definition) is 5. The van der Waals surface area contributed by atoms with E-state index in [0.717, 1.165) is 23.4 Å². The van der Waals surface area contributed by atoms with Gasteiger partial charge >= 0.3 is 6.18 Å². The zero-order valence-corrected chi connectivity index (χ0v) is 22.3. The number of aromatic nitrogens is 3. The SMILES string of the molecule is COc1ccccc1-c1cc(C(=O)N2CCN(c3cccc(C(F)(F)F)c3)CC2)n2nc(C(C)(C)C)cc2n1. The molecular weight excluding hydrogens is 507 g/mol. The number of rotatable bonds is 4. The maximum Gasteiger partial charge on any atom is 0.416 e. The van der Waals surface area contributed by atoms with Gasteiger partial charge in [0.15, 0.2) is 5.65 Å². The highest BCUT2D eigenvalue weighted by Crippen LogP contribution is 2.33. The molecule has 1 saturated heterocycles. The number of halogens is 3. The fourth-order valence-electron chi connectivity index (χ4n) is 4.70. The molecular formula is C29H30F3N5O2. The lowest BCUT2D eigenvalue weighted by Gasteiger charge is -2.36. The number of carbonyl (C=O) groups excluding carboxylic acids is 1. The Morgan fingerprint density at radius 1 is 0.923 bits per heavy atom. The summed E-state index contributed by atoms with van der Waals surface area (Å²) >= 11 is 0. The van der Waals surface area contributed by atoms with Gasteiger partial charge in [0.1, 0.15) is 11.4 Å². The number of benzene rings is 2. The first-order chi connectivity index (χ1) is 18.5. The molecule has 2 aromatic heterocycles. The molecule has 1 amide bonds. The molecule has 0 atom stereocenters. The fourth-order valence-corrected chi connectivity index (χ4v) is 4.70. The van der Waals surface area contributed by atoms with Crippen molar-refractivity contribution in [3.05, 3.63) is 77.6 Å². The van der Waals surface area contributed by atoms with Gasteiger partial charge < -0.3 is 14.5 Å². The minimum atomic E-state index is -4.41. The van der Waals surface area contributed by atoms with E-state index >= 15 is 0 Å². The number of anilines is 1. The smallest absolute Gasteiger partial charge is 0.416 e. The Kier molecular flexibility index (Phi) is 6.74. The summed E-state index contributed by atoms with van der Waals surface area (Å²) in [5, 5.41) is 4.73. The van der Waals surface area contributed by atoms with Gasteiger partial charge in [0, 0.05) is 48.9 Å². The molecule has 0 saturated carbocycles. The Hall–Kier alpha value is -4.08. The summed E-state index contributed by atoms with van der Waals surface area (Å²) in [5.41, 5.74) is 2.61. The van der Waals surface area contributed by atoms with Crippen molar-refractivity contribution in [1.82, 2.24) is 19.5 Å². The lowest BCUT2D eigenvalue weighted by Crippen LogP contribution is -2.49. The number of hydrogen-bond donors (Lipinski definition) is 0. The molecule has 204 valence electrons. The highest BCUT2D eigenvalue weighted by Gasteiger charge is 2.32. The number of nitrogens with zero attached hydrogens (tertiary/aromatic N) is 5. The van der Waals surface area contributed by atoms with E-state index in [0.29, 0.717) is 54.7 Å².